The van der Waals surface area contributed by atoms with Crippen molar-refractivity contribution in [3.8, 4) is 11.4 Å². The summed E-state index contributed by atoms with van der Waals surface area (Å²) in [5, 5.41) is 29.4. The molecule has 20 aromatic carbocycles. The maximum absolute atomic E-state index is 6.29. The first kappa shape index (κ1) is 75.5. The first-order valence-electron chi connectivity index (χ1n) is 46.6. The van der Waals surface area contributed by atoms with E-state index in [0.29, 0.717) is 0 Å². The van der Waals surface area contributed by atoms with Crippen molar-refractivity contribution >= 4 is 304 Å². The molecule has 0 radical (unpaired) electrons. The molecule has 0 amide bonds. The number of pyridine rings is 4. The molecule has 0 unspecified atom stereocenters. The number of thiophene rings is 2. The molecule has 0 aliphatic heterocycles. The molecule has 0 saturated carbocycles. The Morgan fingerprint density at radius 2 is 0.551 bits per heavy atom. The third kappa shape index (κ3) is 10.6. The van der Waals surface area contributed by atoms with Crippen LogP contribution in [0.15, 0.2) is 433 Å². The molecule has 12 nitrogen and oxygen atoms in total. The third-order valence-corrected chi connectivity index (χ3v) is 31.3. The summed E-state index contributed by atoms with van der Waals surface area (Å²) >= 11 is 3.72. The zero-order valence-electron chi connectivity index (χ0n) is 73.5. The van der Waals surface area contributed by atoms with Crippen LogP contribution in [0.2, 0.25) is 0 Å². The van der Waals surface area contributed by atoms with E-state index >= 15 is 0 Å². The number of hydrogen-bond donors (Lipinski definition) is 0. The number of benzene rings is 20. The Kier molecular flexibility index (Phi) is 15.7. The molecule has 0 saturated heterocycles. The third-order valence-electron chi connectivity index (χ3n) is 28.8. The van der Waals surface area contributed by atoms with Gasteiger partial charge in [-0.3, -0.25) is 17.6 Å². The van der Waals surface area contributed by atoms with Gasteiger partial charge in [-0.2, -0.15) is 0 Å². The number of aromatic nitrogens is 10. The molecular formula is C124H70N10O2S2. The quantitative estimate of drug-likeness (QED) is 0.160. The van der Waals surface area contributed by atoms with E-state index in [9.17, 15) is 0 Å². The summed E-state index contributed by atoms with van der Waals surface area (Å²) in [6.45, 7) is 0. The van der Waals surface area contributed by atoms with E-state index in [0.717, 1.165) is 122 Å². The van der Waals surface area contributed by atoms with E-state index in [2.05, 4.69) is 427 Å². The summed E-state index contributed by atoms with van der Waals surface area (Å²) in [5.41, 5.74) is 28.0. The summed E-state index contributed by atoms with van der Waals surface area (Å²) < 4.78 is 31.9. The van der Waals surface area contributed by atoms with Crippen LogP contribution in [0.1, 0.15) is 0 Å². The van der Waals surface area contributed by atoms with Crippen LogP contribution in [0.25, 0.3) is 293 Å². The average Bonchev–Trinajstić information content (AvgIpc) is 1.48. The number of furan rings is 2. The molecule has 640 valence electrons. The van der Waals surface area contributed by atoms with Crippen LogP contribution in [0.3, 0.4) is 0 Å². The Bertz CT molecular complexity index is 11200. The minimum atomic E-state index is 0.903. The fourth-order valence-corrected chi connectivity index (χ4v) is 25.5. The lowest BCUT2D eigenvalue weighted by Crippen LogP contribution is -1.96. The van der Waals surface area contributed by atoms with Gasteiger partial charge in [-0.05, 0) is 174 Å². The van der Waals surface area contributed by atoms with Crippen LogP contribution in [-0.4, -0.2) is 46.7 Å². The maximum atomic E-state index is 6.29. The summed E-state index contributed by atoms with van der Waals surface area (Å²) in [6, 6.07) is 151. The molecule has 0 spiro atoms. The van der Waals surface area contributed by atoms with Crippen LogP contribution < -0.4 is 0 Å². The van der Waals surface area contributed by atoms with Gasteiger partial charge in [0, 0.05) is 144 Å². The molecule has 14 heteroatoms. The molecule has 0 aliphatic carbocycles. The molecule has 138 heavy (non-hydrogen) atoms. The predicted octanol–water partition coefficient (Wildman–Crippen LogP) is 33.9. The topological polar surface area (TPSA) is 105 Å². The van der Waals surface area contributed by atoms with Crippen LogP contribution >= 0.6 is 22.7 Å². The lowest BCUT2D eigenvalue weighted by Gasteiger charge is -2.13. The Morgan fingerprint density at radius 1 is 0.174 bits per heavy atom. The number of imidazole rings is 4. The average molecular weight is 1800 g/mol. The minimum Gasteiger partial charge on any atom is -0.456 e. The Morgan fingerprint density at radius 3 is 1.15 bits per heavy atom. The molecule has 14 heterocycles. The van der Waals surface area contributed by atoms with Crippen molar-refractivity contribution in [1.82, 2.24) is 46.7 Å². The Balaban J connectivity index is 0.0000000852. The van der Waals surface area contributed by atoms with E-state index < -0.39 is 0 Å². The molecule has 0 bridgehead atoms. The summed E-state index contributed by atoms with van der Waals surface area (Å²) in [7, 11) is 0. The fourth-order valence-electron chi connectivity index (χ4n) is 23.1. The fraction of sp³-hybridized carbons (Fsp3) is 0. The number of fused-ring (bicyclic) bond motifs is 54. The van der Waals surface area contributed by atoms with E-state index in [1.165, 1.54) is 171 Å². The lowest BCUT2D eigenvalue weighted by molar-refractivity contribution is 0.669. The second-order valence-electron chi connectivity index (χ2n) is 36.1. The normalized spacial score (nSPS) is 12.3. The number of nitrogens with zero attached hydrogens (tertiary/aromatic N) is 10. The first-order valence-corrected chi connectivity index (χ1v) is 48.3. The molecule has 0 N–H and O–H groups in total. The molecule has 14 aromatic heterocycles. The molecular weight excluding hydrogens is 1730 g/mol. The van der Waals surface area contributed by atoms with E-state index in [4.69, 9.17) is 28.8 Å². The zero-order chi connectivity index (χ0) is 89.8. The van der Waals surface area contributed by atoms with Gasteiger partial charge in [0.1, 0.15) is 44.9 Å². The predicted molar refractivity (Wildman–Crippen MR) is 580 cm³/mol. The van der Waals surface area contributed by atoms with Gasteiger partial charge in [-0.15, -0.1) is 22.7 Å². The monoisotopic (exact) mass is 1790 g/mol. The standard InChI is InChI=1S/2C31H19N3.2C31H16N2OS/c1-2-10-20(11-3-1)33-27-15-7-5-13-22(27)24-18-25-23(19-30(24)33)21-12-4-8-16-28(21)34-29-17-9-6-14-26(29)32-31(25)34;1-2-10-20(11-3-1)33-26-15-7-4-12-21(26)22-18-19-24-29(30(22)33)23-13-5-8-16-27(23)34-28-17-9-6-14-25(28)32-31(24)34;1-5-11-24-21(8-1)27-25(34-24)16-15-19-18-13-14-20-17-7-2-6-12-26(17)35-30(20)28(18)31-32-22-9-3-4-10-23(22)33(31)29(19)27;1-5-11-26-17(7-1)22-15-21-19-13-14-20-18-8-2-6-12-28(18)35-30(20)29(19)31-32-23-9-3-4-10-24(23)33(31)25(21)16-27(22)34-26/h2*1-19H;2*1-16H. The lowest BCUT2D eigenvalue weighted by atomic mass is 10.0. The molecule has 34 rings (SSSR count). The van der Waals surface area contributed by atoms with Crippen LogP contribution in [0.5, 0.6) is 0 Å². The summed E-state index contributed by atoms with van der Waals surface area (Å²) in [5.74, 6) is 0. The highest BCUT2D eigenvalue weighted by atomic mass is 32.1. The second-order valence-corrected chi connectivity index (χ2v) is 38.2. The van der Waals surface area contributed by atoms with Crippen molar-refractivity contribution < 1.29 is 8.83 Å². The van der Waals surface area contributed by atoms with Gasteiger partial charge in [-0.1, -0.05) is 261 Å². The summed E-state index contributed by atoms with van der Waals surface area (Å²) in [6.07, 6.45) is 0. The molecule has 0 fully saturated rings. The van der Waals surface area contributed by atoms with Crippen molar-refractivity contribution in [2.45, 2.75) is 0 Å². The van der Waals surface area contributed by atoms with Gasteiger partial charge in [0.25, 0.3) is 0 Å². The van der Waals surface area contributed by atoms with Crippen molar-refractivity contribution in [1.29, 1.82) is 0 Å². The Hall–Kier alpha value is -18.1. The van der Waals surface area contributed by atoms with Crippen LogP contribution in [0.4, 0.5) is 0 Å². The zero-order valence-corrected chi connectivity index (χ0v) is 75.2. The second kappa shape index (κ2) is 28.7. The number of rotatable bonds is 2. The van der Waals surface area contributed by atoms with Gasteiger partial charge in [0.15, 0.2) is 0 Å². The maximum Gasteiger partial charge on any atom is 0.147 e. The van der Waals surface area contributed by atoms with Crippen molar-refractivity contribution in [2.24, 2.45) is 0 Å². The SMILES string of the molecule is c1ccc(-n2c3ccccc3c3cc4c(cc32)c2ccccc2n2c3ccccc3nc42)cc1.c1ccc(-n2c3ccccc3c3ccc4c(c5ccccc5n5c6ccccc6nc45)c32)cc1.c1ccc2c(c1)nc1c3c(ccc4c5ccccc5sc43)c3cc4c(cc3n21)oc1ccccc14.c1ccc2c(c1)nc1c3c(ccc4c5ccccc5sc43)c3ccc4oc5ccccc5c4c3n21. The van der Waals surface area contributed by atoms with Crippen LogP contribution in [0, 0.1) is 0 Å². The highest BCUT2D eigenvalue weighted by Crippen LogP contribution is 2.51. The van der Waals surface area contributed by atoms with Gasteiger partial charge in [0.05, 0.1) is 93.7 Å². The molecule has 0 aliphatic rings. The van der Waals surface area contributed by atoms with E-state index in [1.807, 2.05) is 46.9 Å². The van der Waals surface area contributed by atoms with Crippen LogP contribution in [-0.2, 0) is 0 Å². The van der Waals surface area contributed by atoms with Gasteiger partial charge >= 0.3 is 0 Å². The number of para-hydroxylation sites is 16. The summed E-state index contributed by atoms with van der Waals surface area (Å²) in [4.78, 5) is 20.6. The highest BCUT2D eigenvalue weighted by Gasteiger charge is 2.28. The Labute approximate surface area is 789 Å². The first-order chi connectivity index (χ1) is 68.5. The molecule has 34 aromatic rings. The van der Waals surface area contributed by atoms with E-state index in [1.54, 1.807) is 0 Å². The van der Waals surface area contributed by atoms with Gasteiger partial charge in [0.2, 0.25) is 0 Å². The van der Waals surface area contributed by atoms with Crippen molar-refractivity contribution in [3.05, 3.63) is 425 Å². The van der Waals surface area contributed by atoms with E-state index in [-0.39, 0.29) is 0 Å². The smallest absolute Gasteiger partial charge is 0.147 e. The highest BCUT2D eigenvalue weighted by molar-refractivity contribution is 7.27. The minimum absolute atomic E-state index is 0.903. The van der Waals surface area contributed by atoms with Gasteiger partial charge in [-0.25, -0.2) is 19.9 Å². The largest absolute Gasteiger partial charge is 0.456 e. The van der Waals surface area contributed by atoms with Crippen molar-refractivity contribution in [3.63, 3.8) is 0 Å². The molecule has 0 atom stereocenters. The van der Waals surface area contributed by atoms with Gasteiger partial charge < -0.3 is 18.0 Å². The van der Waals surface area contributed by atoms with Crippen molar-refractivity contribution in [2.75, 3.05) is 0 Å². The number of hydrogen-bond acceptors (Lipinski definition) is 8.